The molecule has 0 bridgehead atoms. The van der Waals surface area contributed by atoms with Crippen LogP contribution in [0.3, 0.4) is 0 Å². The highest BCUT2D eigenvalue weighted by atomic mass is 16.5. The molecule has 0 unspecified atom stereocenters. The number of ether oxygens (including phenoxy) is 2. The van der Waals surface area contributed by atoms with Crippen molar-refractivity contribution in [2.45, 2.75) is 25.7 Å². The van der Waals surface area contributed by atoms with E-state index < -0.39 is 0 Å². The third-order valence-corrected chi connectivity index (χ3v) is 2.22. The van der Waals surface area contributed by atoms with Gasteiger partial charge in [0, 0.05) is 12.8 Å². The molecule has 2 rings (SSSR count). The van der Waals surface area contributed by atoms with Gasteiger partial charge in [0.05, 0.1) is 25.9 Å². The second-order valence-electron chi connectivity index (χ2n) is 3.50. The molecule has 0 fully saturated rings. The average molecular weight is 224 g/mol. The van der Waals surface area contributed by atoms with Gasteiger partial charge in [0.15, 0.2) is 11.8 Å². The molecule has 0 saturated heterocycles. The van der Waals surface area contributed by atoms with E-state index in [0.717, 1.165) is 0 Å². The lowest BCUT2D eigenvalue weighted by Crippen LogP contribution is -2.23. The molecule has 0 saturated carbocycles. The number of nitrogens with zero attached hydrogens (tertiary/aromatic N) is 2. The first-order chi connectivity index (χ1) is 7.74. The number of rotatable bonds is 3. The van der Waals surface area contributed by atoms with Gasteiger partial charge in [-0.15, -0.1) is 0 Å². The van der Waals surface area contributed by atoms with Crippen molar-refractivity contribution in [1.29, 1.82) is 0 Å². The fourth-order valence-corrected chi connectivity index (χ4v) is 1.45. The van der Waals surface area contributed by atoms with Crippen molar-refractivity contribution in [2.24, 2.45) is 9.98 Å². The van der Waals surface area contributed by atoms with Crippen molar-refractivity contribution in [3.8, 4) is 0 Å². The van der Waals surface area contributed by atoms with E-state index in [4.69, 9.17) is 9.47 Å². The first-order valence-electron chi connectivity index (χ1n) is 5.22. The number of aliphatic imine (C=N–C) groups is 2. The van der Waals surface area contributed by atoms with Gasteiger partial charge in [-0.25, -0.2) is 0 Å². The van der Waals surface area contributed by atoms with Crippen LogP contribution in [0, 0.1) is 0 Å². The average Bonchev–Trinajstić information content (AvgIpc) is 2.27. The topological polar surface area (TPSA) is 77.3 Å². The highest BCUT2D eigenvalue weighted by Crippen LogP contribution is 2.08. The summed E-state index contributed by atoms with van der Waals surface area (Å²) in [5.41, 5.74) is 0. The van der Waals surface area contributed by atoms with Crippen molar-refractivity contribution in [3.05, 3.63) is 0 Å². The Balaban J connectivity index is 1.83. The van der Waals surface area contributed by atoms with Gasteiger partial charge in [0.25, 0.3) is 0 Å². The predicted molar refractivity (Wildman–Crippen MR) is 55.3 cm³/mol. The van der Waals surface area contributed by atoms with Crippen LogP contribution < -0.4 is 0 Å². The summed E-state index contributed by atoms with van der Waals surface area (Å²) in [6, 6.07) is 0. The standard InChI is InChI=1S/C10H12N2O4/c13-9-3-5-11-7(15-9)1-2-8-12-6-4-10(14)16-8/h1-6H2. The monoisotopic (exact) mass is 224 g/mol. The summed E-state index contributed by atoms with van der Waals surface area (Å²) in [6.07, 6.45) is 1.55. The van der Waals surface area contributed by atoms with Crippen LogP contribution in [0.1, 0.15) is 25.7 Å². The zero-order valence-corrected chi connectivity index (χ0v) is 8.77. The molecule has 0 spiro atoms. The van der Waals surface area contributed by atoms with Crippen molar-refractivity contribution in [2.75, 3.05) is 13.1 Å². The second-order valence-corrected chi connectivity index (χ2v) is 3.50. The number of hydrogen-bond acceptors (Lipinski definition) is 6. The molecule has 0 aliphatic carbocycles. The SMILES string of the molecule is O=C1CCN=C(CCC2=NCCC(=O)O2)O1. The third kappa shape index (κ3) is 2.88. The van der Waals surface area contributed by atoms with Gasteiger partial charge in [-0.2, -0.15) is 0 Å². The van der Waals surface area contributed by atoms with Gasteiger partial charge in [-0.05, 0) is 0 Å². The minimum Gasteiger partial charge on any atom is -0.412 e. The van der Waals surface area contributed by atoms with Crippen LogP contribution in [-0.2, 0) is 19.1 Å². The first-order valence-corrected chi connectivity index (χ1v) is 5.22. The Labute approximate surface area is 92.4 Å². The summed E-state index contributed by atoms with van der Waals surface area (Å²) in [4.78, 5) is 30.0. The van der Waals surface area contributed by atoms with Crippen LogP contribution in [-0.4, -0.2) is 36.8 Å². The maximum Gasteiger partial charge on any atom is 0.314 e. The van der Waals surface area contributed by atoms with Crippen LogP contribution in [0.4, 0.5) is 0 Å². The number of hydrogen-bond donors (Lipinski definition) is 0. The molecule has 2 heterocycles. The molecule has 6 heteroatoms. The molecule has 0 atom stereocenters. The van der Waals surface area contributed by atoms with Crippen LogP contribution in [0.15, 0.2) is 9.98 Å². The predicted octanol–water partition coefficient (Wildman–Crippen LogP) is 0.457. The number of cyclic esters (lactones) is 2. The molecule has 16 heavy (non-hydrogen) atoms. The molecule has 6 nitrogen and oxygen atoms in total. The Kier molecular flexibility index (Phi) is 3.28. The van der Waals surface area contributed by atoms with Crippen LogP contribution in [0.2, 0.25) is 0 Å². The maximum atomic E-state index is 11.0. The van der Waals surface area contributed by atoms with E-state index in [9.17, 15) is 9.59 Å². The molecule has 0 amide bonds. The van der Waals surface area contributed by atoms with E-state index in [-0.39, 0.29) is 11.9 Å². The van der Waals surface area contributed by atoms with Crippen molar-refractivity contribution in [3.63, 3.8) is 0 Å². The van der Waals surface area contributed by atoms with E-state index in [2.05, 4.69) is 9.98 Å². The zero-order chi connectivity index (χ0) is 11.4. The highest BCUT2D eigenvalue weighted by Gasteiger charge is 2.18. The quantitative estimate of drug-likeness (QED) is 0.652. The fraction of sp³-hybridized carbons (Fsp3) is 0.600. The molecule has 0 aromatic heterocycles. The molecule has 0 aromatic rings. The van der Waals surface area contributed by atoms with Crippen molar-refractivity contribution in [1.82, 2.24) is 0 Å². The smallest absolute Gasteiger partial charge is 0.314 e. The first kappa shape index (κ1) is 10.8. The molecule has 0 radical (unpaired) electrons. The van der Waals surface area contributed by atoms with E-state index in [1.165, 1.54) is 0 Å². The van der Waals surface area contributed by atoms with Crippen molar-refractivity contribution >= 4 is 23.7 Å². The van der Waals surface area contributed by atoms with E-state index in [0.29, 0.717) is 50.6 Å². The van der Waals surface area contributed by atoms with Gasteiger partial charge in [0.1, 0.15) is 0 Å². The minimum absolute atomic E-state index is 0.257. The van der Waals surface area contributed by atoms with E-state index >= 15 is 0 Å². The lowest BCUT2D eigenvalue weighted by molar-refractivity contribution is -0.137. The molecule has 0 N–H and O–H groups in total. The minimum atomic E-state index is -0.257. The Bertz CT molecular complexity index is 337. The van der Waals surface area contributed by atoms with Gasteiger partial charge in [0.2, 0.25) is 0 Å². The van der Waals surface area contributed by atoms with Crippen LogP contribution in [0.5, 0.6) is 0 Å². The summed E-state index contributed by atoms with van der Waals surface area (Å²) in [5, 5.41) is 0. The lowest BCUT2D eigenvalue weighted by atomic mass is 10.2. The van der Waals surface area contributed by atoms with Crippen LogP contribution >= 0.6 is 0 Å². The summed E-state index contributed by atoms with van der Waals surface area (Å²) in [7, 11) is 0. The second kappa shape index (κ2) is 4.87. The summed E-state index contributed by atoms with van der Waals surface area (Å²) >= 11 is 0. The molecular weight excluding hydrogens is 212 g/mol. The van der Waals surface area contributed by atoms with Gasteiger partial charge in [-0.1, -0.05) is 0 Å². The summed E-state index contributed by atoms with van der Waals surface area (Å²) in [5.74, 6) is 0.293. The fourth-order valence-electron chi connectivity index (χ4n) is 1.45. The van der Waals surface area contributed by atoms with Gasteiger partial charge < -0.3 is 9.47 Å². The largest absolute Gasteiger partial charge is 0.412 e. The lowest BCUT2D eigenvalue weighted by Gasteiger charge is -2.14. The number of carbonyl (C=O) groups excluding carboxylic acids is 2. The van der Waals surface area contributed by atoms with E-state index in [1.54, 1.807) is 0 Å². The normalized spacial score (nSPS) is 20.8. The third-order valence-electron chi connectivity index (χ3n) is 2.22. The maximum absolute atomic E-state index is 11.0. The Hall–Kier alpha value is -1.72. The molecule has 0 aromatic carbocycles. The number of carbonyl (C=O) groups is 2. The Morgan fingerprint density at radius 3 is 1.69 bits per heavy atom. The summed E-state index contributed by atoms with van der Waals surface area (Å²) in [6.45, 7) is 0.945. The molecule has 86 valence electrons. The van der Waals surface area contributed by atoms with Gasteiger partial charge in [-0.3, -0.25) is 19.6 Å². The Morgan fingerprint density at radius 1 is 0.875 bits per heavy atom. The molecule has 2 aliphatic rings. The highest BCUT2D eigenvalue weighted by molar-refractivity contribution is 5.95. The summed E-state index contributed by atoms with van der Waals surface area (Å²) < 4.78 is 9.84. The molecular formula is C10H12N2O4. The number of esters is 2. The zero-order valence-electron chi connectivity index (χ0n) is 8.77. The van der Waals surface area contributed by atoms with Crippen molar-refractivity contribution < 1.29 is 19.1 Å². The van der Waals surface area contributed by atoms with E-state index in [1.807, 2.05) is 0 Å². The molecule has 2 aliphatic heterocycles. The van der Waals surface area contributed by atoms with Crippen LogP contribution in [0.25, 0.3) is 0 Å². The van der Waals surface area contributed by atoms with Gasteiger partial charge >= 0.3 is 11.9 Å². The Morgan fingerprint density at radius 2 is 1.31 bits per heavy atom.